The van der Waals surface area contributed by atoms with Crippen LogP contribution in [-0.4, -0.2) is 86.1 Å². The van der Waals surface area contributed by atoms with Crippen LogP contribution in [0.25, 0.3) is 38.9 Å². The zero-order chi connectivity index (χ0) is 40.9. The van der Waals surface area contributed by atoms with Crippen molar-refractivity contribution in [1.29, 1.82) is 0 Å². The fourth-order valence-corrected chi connectivity index (χ4v) is 7.02. The minimum Gasteiger partial charge on any atom is -0.355 e. The highest BCUT2D eigenvalue weighted by molar-refractivity contribution is 6.01. The summed E-state index contributed by atoms with van der Waals surface area (Å²) in [5.74, 6) is 5.06. The Bertz CT molecular complexity index is 2660. The molecule has 1 saturated heterocycles. The number of hydrogen-bond acceptors (Lipinski definition) is 10. The van der Waals surface area contributed by atoms with Gasteiger partial charge in [-0.15, -0.1) is 0 Å². The van der Waals surface area contributed by atoms with E-state index in [-0.39, 0.29) is 48.2 Å². The second kappa shape index (κ2) is 16.9. The molecule has 2 aromatic carbocycles. The first-order valence-corrected chi connectivity index (χ1v) is 18.9. The van der Waals surface area contributed by atoms with Gasteiger partial charge in [-0.3, -0.25) is 44.2 Å². The molecular weight excluding hydrogens is 735 g/mol. The van der Waals surface area contributed by atoms with E-state index in [1.54, 1.807) is 55.3 Å². The quantitative estimate of drug-likeness (QED) is 0.0722. The van der Waals surface area contributed by atoms with Gasteiger partial charge in [0, 0.05) is 78.7 Å². The van der Waals surface area contributed by atoms with Crippen molar-refractivity contribution in [3.8, 4) is 34.4 Å². The predicted molar refractivity (Wildman–Crippen MR) is 218 cm³/mol. The lowest BCUT2D eigenvalue weighted by Crippen LogP contribution is -2.51. The van der Waals surface area contributed by atoms with Gasteiger partial charge in [-0.2, -0.15) is 5.10 Å². The first-order valence-electron chi connectivity index (χ1n) is 18.9. The Balaban J connectivity index is 1.02. The third-order valence-electron chi connectivity index (χ3n) is 10.1. The number of hydrogen-bond donors (Lipinski definition) is 3. The monoisotopic (exact) mass is 775 g/mol. The zero-order valence-corrected chi connectivity index (χ0v) is 32.5. The van der Waals surface area contributed by atoms with Crippen molar-refractivity contribution in [2.75, 3.05) is 20.6 Å². The highest BCUT2D eigenvalue weighted by Gasteiger charge is 2.30. The molecule has 14 nitrogen and oxygen atoms in total. The second-order valence-corrected chi connectivity index (χ2v) is 14.3. The molecule has 1 unspecified atom stereocenters. The van der Waals surface area contributed by atoms with Crippen molar-refractivity contribution in [3.05, 3.63) is 113 Å². The molecule has 0 radical (unpaired) electrons. The molecule has 0 bridgehead atoms. The van der Waals surface area contributed by atoms with E-state index in [4.69, 9.17) is 9.97 Å². The van der Waals surface area contributed by atoms with Crippen LogP contribution >= 0.6 is 0 Å². The predicted octanol–water partition coefficient (Wildman–Crippen LogP) is 4.71. The van der Waals surface area contributed by atoms with Crippen LogP contribution in [0.5, 0.6) is 0 Å². The summed E-state index contributed by atoms with van der Waals surface area (Å²) in [6, 6.07) is 18.1. The lowest BCUT2D eigenvalue weighted by atomic mass is 9.99. The number of carbonyl (C=O) groups excluding carboxylic acids is 5. The van der Waals surface area contributed by atoms with Crippen LogP contribution in [0, 0.1) is 11.8 Å². The first-order chi connectivity index (χ1) is 28.1. The van der Waals surface area contributed by atoms with Crippen LogP contribution in [0.3, 0.4) is 0 Å². The average Bonchev–Trinajstić information content (AvgIpc) is 3.67. The lowest BCUT2D eigenvalue weighted by molar-refractivity contribution is -0.137. The molecule has 4 amide bonds. The first kappa shape index (κ1) is 39.1. The summed E-state index contributed by atoms with van der Waals surface area (Å²) in [5.41, 5.74) is 6.85. The number of rotatable bonds is 11. The number of aromatic nitrogens is 5. The number of nitrogens with zero attached hydrogens (tertiary/aromatic N) is 6. The van der Waals surface area contributed by atoms with E-state index in [1.807, 2.05) is 41.3 Å². The molecule has 6 aromatic rings. The number of carbonyl (C=O) groups is 5. The Labute approximate surface area is 334 Å². The Morgan fingerprint density at radius 3 is 2.59 bits per heavy atom. The third kappa shape index (κ3) is 8.07. The van der Waals surface area contributed by atoms with E-state index in [0.29, 0.717) is 58.7 Å². The maximum Gasteiger partial charge on any atom is 0.269 e. The summed E-state index contributed by atoms with van der Waals surface area (Å²) in [7, 11) is 3.36. The fourth-order valence-electron chi connectivity index (χ4n) is 7.02. The summed E-state index contributed by atoms with van der Waals surface area (Å²) in [4.78, 5) is 77.3. The van der Waals surface area contributed by atoms with Crippen molar-refractivity contribution in [2.45, 2.75) is 51.6 Å². The molecule has 3 N–H and O–H groups in total. The maximum absolute atomic E-state index is 13.0. The van der Waals surface area contributed by atoms with Crippen molar-refractivity contribution < 1.29 is 24.0 Å². The van der Waals surface area contributed by atoms with Crippen LogP contribution in [0.1, 0.15) is 87.1 Å². The van der Waals surface area contributed by atoms with Crippen LogP contribution in [0.4, 0.5) is 0 Å². The van der Waals surface area contributed by atoms with Gasteiger partial charge in [0.2, 0.25) is 11.8 Å². The van der Waals surface area contributed by atoms with Crippen LogP contribution in [0.2, 0.25) is 0 Å². The molecule has 0 spiro atoms. The Kier molecular flexibility index (Phi) is 11.4. The van der Waals surface area contributed by atoms with Crippen LogP contribution < -0.4 is 16.0 Å². The summed E-state index contributed by atoms with van der Waals surface area (Å²) < 4.78 is 1.72. The fraction of sp³-hybridized carbons (Fsp3) is 0.250. The van der Waals surface area contributed by atoms with Crippen molar-refractivity contribution in [2.24, 2.45) is 0 Å². The number of likely N-dealkylation sites (N-methyl/N-ethyl adjacent to an activating group) is 1. The molecule has 0 saturated carbocycles. The summed E-state index contributed by atoms with van der Waals surface area (Å²) in [6.07, 6.45) is 6.72. The molecule has 5 heterocycles. The molecule has 1 atom stereocenters. The number of amides is 4. The van der Waals surface area contributed by atoms with Gasteiger partial charge in [0.05, 0.1) is 23.6 Å². The smallest absolute Gasteiger partial charge is 0.269 e. The van der Waals surface area contributed by atoms with E-state index in [0.717, 1.165) is 33.9 Å². The Morgan fingerprint density at radius 1 is 1.02 bits per heavy atom. The molecule has 1 aliphatic heterocycles. The summed E-state index contributed by atoms with van der Waals surface area (Å²) in [5, 5.41) is 14.2. The highest BCUT2D eigenvalue weighted by Crippen LogP contribution is 2.32. The van der Waals surface area contributed by atoms with Gasteiger partial charge < -0.3 is 10.6 Å². The number of piperidine rings is 1. The van der Waals surface area contributed by atoms with Crippen LogP contribution in [-0.2, 0) is 16.1 Å². The number of fused-ring (bicyclic) bond motifs is 2. The van der Waals surface area contributed by atoms with E-state index in [2.05, 4.69) is 51.7 Å². The van der Waals surface area contributed by atoms with Crippen molar-refractivity contribution in [1.82, 2.24) is 45.4 Å². The molecule has 1 aliphatic rings. The Morgan fingerprint density at radius 2 is 1.84 bits per heavy atom. The Hall–Kier alpha value is -7.11. The molecule has 7 rings (SSSR count). The van der Waals surface area contributed by atoms with Crippen molar-refractivity contribution in [3.63, 3.8) is 0 Å². The van der Waals surface area contributed by atoms with Gasteiger partial charge in [0.25, 0.3) is 11.8 Å². The third-order valence-corrected chi connectivity index (χ3v) is 10.1. The lowest BCUT2D eigenvalue weighted by Gasteiger charge is -2.30. The largest absolute Gasteiger partial charge is 0.355 e. The minimum absolute atomic E-state index is 0.119. The average molecular weight is 776 g/mol. The SMILES string of the molecule is CNC(=O)c1cnn2c(C(C)C)cc(-c3cccc4cc(-c5ccc(C(=O)NCCC#Cc6cccc(C=O)c6CN(C)C6CCC(=O)NC6=O)nc5)ncc34)nc12. The number of aldehydes is 1. The van der Waals surface area contributed by atoms with Crippen molar-refractivity contribution >= 4 is 46.3 Å². The van der Waals surface area contributed by atoms with Gasteiger partial charge in [-0.05, 0) is 60.7 Å². The molecular formula is C44H41N9O5. The molecule has 58 heavy (non-hydrogen) atoms. The van der Waals surface area contributed by atoms with E-state index >= 15 is 0 Å². The van der Waals surface area contributed by atoms with Gasteiger partial charge in [0.15, 0.2) is 5.65 Å². The molecule has 1 fully saturated rings. The standard InChI is InChI=1S/C44H41N9O5/c1-26(2)39-20-37(50-41-33(42(56)45-3)23-49-53(39)41)31-13-8-11-28-19-36(48-22-32(28)31)29-14-15-35(47-21-29)43(57)46-18-6-5-9-27-10-7-12-30(25-54)34(27)24-52(4)38-16-17-40(55)51-44(38)58/h7-8,10-15,19-23,25-26,38H,6,16-18,24H2,1-4H3,(H,45,56)(H,46,57)(H,51,55,58). The number of nitrogens with one attached hydrogen (secondary N) is 3. The number of pyridine rings is 2. The van der Waals surface area contributed by atoms with Gasteiger partial charge >= 0.3 is 0 Å². The van der Waals surface area contributed by atoms with E-state index in [1.165, 1.54) is 6.20 Å². The maximum atomic E-state index is 13.0. The van der Waals surface area contributed by atoms with Gasteiger partial charge in [0.1, 0.15) is 17.5 Å². The molecule has 14 heteroatoms. The molecule has 292 valence electrons. The van der Waals surface area contributed by atoms with Gasteiger partial charge in [-0.1, -0.05) is 56.0 Å². The summed E-state index contributed by atoms with van der Waals surface area (Å²) >= 11 is 0. The normalized spacial score (nSPS) is 14.0. The number of imide groups is 1. The second-order valence-electron chi connectivity index (χ2n) is 14.3. The van der Waals surface area contributed by atoms with E-state index < -0.39 is 6.04 Å². The molecule has 0 aliphatic carbocycles. The minimum atomic E-state index is -0.493. The summed E-state index contributed by atoms with van der Waals surface area (Å²) in [6.45, 7) is 4.71. The highest BCUT2D eigenvalue weighted by atomic mass is 16.2. The van der Waals surface area contributed by atoms with Crippen LogP contribution in [0.15, 0.2) is 79.3 Å². The topological polar surface area (TPSA) is 181 Å². The zero-order valence-electron chi connectivity index (χ0n) is 32.5. The molecule has 4 aromatic heterocycles. The van der Waals surface area contributed by atoms with Gasteiger partial charge in [-0.25, -0.2) is 9.50 Å². The van der Waals surface area contributed by atoms with E-state index in [9.17, 15) is 24.0 Å². The number of benzene rings is 2.